The summed E-state index contributed by atoms with van der Waals surface area (Å²) in [6, 6.07) is 1.85. The van der Waals surface area contributed by atoms with Crippen LogP contribution in [-0.2, 0) is 4.74 Å². The van der Waals surface area contributed by atoms with Gasteiger partial charge in [0.25, 0.3) is 0 Å². The number of fused-ring (bicyclic) bond motifs is 1. The first-order valence-electron chi connectivity index (χ1n) is 5.08. The van der Waals surface area contributed by atoms with Crippen LogP contribution < -0.4 is 4.90 Å². The third-order valence-electron chi connectivity index (χ3n) is 2.48. The Morgan fingerprint density at radius 2 is 2.19 bits per heavy atom. The van der Waals surface area contributed by atoms with Crippen LogP contribution in [0.25, 0.3) is 10.3 Å². The fourth-order valence-electron chi connectivity index (χ4n) is 1.68. The third-order valence-corrected chi connectivity index (χ3v) is 3.73. The van der Waals surface area contributed by atoms with Gasteiger partial charge in [-0.1, -0.05) is 22.9 Å². The Balaban J connectivity index is 1.97. The van der Waals surface area contributed by atoms with Gasteiger partial charge in [-0.25, -0.2) is 9.97 Å². The molecule has 0 N–H and O–H groups in total. The zero-order valence-corrected chi connectivity index (χ0v) is 10.1. The van der Waals surface area contributed by atoms with Crippen LogP contribution in [0.15, 0.2) is 12.3 Å². The van der Waals surface area contributed by atoms with Crippen molar-refractivity contribution in [2.45, 2.75) is 0 Å². The molecule has 16 heavy (non-hydrogen) atoms. The summed E-state index contributed by atoms with van der Waals surface area (Å²) in [5, 5.41) is 1.64. The van der Waals surface area contributed by atoms with Crippen molar-refractivity contribution in [1.29, 1.82) is 0 Å². The second-order valence-electron chi connectivity index (χ2n) is 3.57. The molecular weight excluding hydrogens is 246 g/mol. The Hall–Kier alpha value is -0.910. The monoisotopic (exact) mass is 255 g/mol. The van der Waals surface area contributed by atoms with Gasteiger partial charge in [0.1, 0.15) is 10.3 Å². The molecule has 0 aliphatic carbocycles. The summed E-state index contributed by atoms with van der Waals surface area (Å²) < 4.78 is 5.31. The summed E-state index contributed by atoms with van der Waals surface area (Å²) >= 11 is 7.48. The van der Waals surface area contributed by atoms with Gasteiger partial charge in [-0.3, -0.25) is 0 Å². The van der Waals surface area contributed by atoms with Crippen LogP contribution in [0.3, 0.4) is 0 Å². The highest BCUT2D eigenvalue weighted by Gasteiger charge is 2.15. The molecule has 84 valence electrons. The molecule has 1 aliphatic heterocycles. The number of ether oxygens (including phenoxy) is 1. The van der Waals surface area contributed by atoms with Crippen LogP contribution >= 0.6 is 22.9 Å². The van der Waals surface area contributed by atoms with Crippen LogP contribution in [0, 0.1) is 0 Å². The zero-order valence-electron chi connectivity index (χ0n) is 8.52. The number of aromatic nitrogens is 2. The van der Waals surface area contributed by atoms with Crippen molar-refractivity contribution in [2.75, 3.05) is 31.2 Å². The topological polar surface area (TPSA) is 38.2 Å². The summed E-state index contributed by atoms with van der Waals surface area (Å²) in [6.45, 7) is 3.33. The maximum atomic E-state index is 5.88. The summed E-state index contributed by atoms with van der Waals surface area (Å²) in [6.07, 6.45) is 1.66. The van der Waals surface area contributed by atoms with E-state index in [1.807, 2.05) is 6.07 Å². The van der Waals surface area contributed by atoms with Crippen molar-refractivity contribution in [3.63, 3.8) is 0 Å². The van der Waals surface area contributed by atoms with Crippen LogP contribution in [0.4, 0.5) is 5.13 Å². The Bertz CT molecular complexity index is 510. The number of rotatable bonds is 1. The highest BCUT2D eigenvalue weighted by Crippen LogP contribution is 2.28. The van der Waals surface area contributed by atoms with Gasteiger partial charge in [-0.15, -0.1) is 0 Å². The normalized spacial score (nSPS) is 16.9. The lowest BCUT2D eigenvalue weighted by Gasteiger charge is -2.25. The fraction of sp³-hybridized carbons (Fsp3) is 0.400. The molecule has 4 nitrogen and oxygen atoms in total. The average Bonchev–Trinajstić information content (AvgIpc) is 2.73. The Morgan fingerprint density at radius 3 is 3.00 bits per heavy atom. The van der Waals surface area contributed by atoms with Crippen LogP contribution in [0.1, 0.15) is 0 Å². The number of pyridine rings is 1. The second kappa shape index (κ2) is 4.16. The molecule has 3 heterocycles. The van der Waals surface area contributed by atoms with Gasteiger partial charge in [0.15, 0.2) is 5.13 Å². The Labute approximate surface area is 102 Å². The minimum absolute atomic E-state index is 0.631. The maximum Gasteiger partial charge on any atom is 0.188 e. The number of nitrogens with zero attached hydrogens (tertiary/aromatic N) is 3. The lowest BCUT2D eigenvalue weighted by Crippen LogP contribution is -2.36. The number of hydrogen-bond acceptors (Lipinski definition) is 5. The summed E-state index contributed by atoms with van der Waals surface area (Å²) in [5.41, 5.74) is 0.874. The first-order chi connectivity index (χ1) is 7.83. The minimum atomic E-state index is 0.631. The highest BCUT2D eigenvalue weighted by atomic mass is 35.5. The lowest BCUT2D eigenvalue weighted by atomic mass is 10.4. The molecule has 0 aromatic carbocycles. The van der Waals surface area contributed by atoms with Crippen molar-refractivity contribution in [1.82, 2.24) is 9.97 Å². The number of anilines is 1. The van der Waals surface area contributed by atoms with Crippen molar-refractivity contribution in [2.24, 2.45) is 0 Å². The Kier molecular flexibility index (Phi) is 2.67. The van der Waals surface area contributed by atoms with E-state index < -0.39 is 0 Å². The molecule has 0 saturated carbocycles. The number of morpholine rings is 1. The van der Waals surface area contributed by atoms with E-state index in [0.29, 0.717) is 5.02 Å². The van der Waals surface area contributed by atoms with Crippen molar-refractivity contribution < 1.29 is 4.74 Å². The first kappa shape index (κ1) is 10.3. The molecule has 3 rings (SSSR count). The number of thiazole rings is 1. The quantitative estimate of drug-likeness (QED) is 0.783. The van der Waals surface area contributed by atoms with E-state index in [1.165, 1.54) is 0 Å². The van der Waals surface area contributed by atoms with E-state index in [1.54, 1.807) is 17.5 Å². The SMILES string of the molecule is Clc1cnc2sc(N3CCOCC3)nc2c1. The molecule has 0 amide bonds. The molecule has 0 unspecified atom stereocenters. The molecule has 0 atom stereocenters. The van der Waals surface area contributed by atoms with Crippen molar-refractivity contribution in [3.05, 3.63) is 17.3 Å². The molecule has 1 aliphatic rings. The van der Waals surface area contributed by atoms with Crippen molar-refractivity contribution >= 4 is 38.4 Å². The number of halogens is 1. The van der Waals surface area contributed by atoms with E-state index >= 15 is 0 Å². The van der Waals surface area contributed by atoms with Crippen molar-refractivity contribution in [3.8, 4) is 0 Å². The number of hydrogen-bond donors (Lipinski definition) is 0. The predicted octanol–water partition coefficient (Wildman–Crippen LogP) is 2.18. The molecule has 2 aromatic rings. The smallest absolute Gasteiger partial charge is 0.188 e. The summed E-state index contributed by atoms with van der Waals surface area (Å²) in [7, 11) is 0. The van der Waals surface area contributed by atoms with Crippen LogP contribution in [0.2, 0.25) is 5.02 Å². The minimum Gasteiger partial charge on any atom is -0.378 e. The van der Waals surface area contributed by atoms with Gasteiger partial charge in [-0.05, 0) is 6.07 Å². The fourth-order valence-corrected chi connectivity index (χ4v) is 2.77. The summed E-state index contributed by atoms with van der Waals surface area (Å²) in [4.78, 5) is 12.0. The molecule has 0 bridgehead atoms. The van der Waals surface area contributed by atoms with Gasteiger partial charge >= 0.3 is 0 Å². The van der Waals surface area contributed by atoms with Gasteiger partial charge in [0.2, 0.25) is 0 Å². The average molecular weight is 256 g/mol. The van der Waals surface area contributed by atoms with Gasteiger partial charge in [0, 0.05) is 19.3 Å². The van der Waals surface area contributed by atoms with Crippen LogP contribution in [-0.4, -0.2) is 36.3 Å². The highest BCUT2D eigenvalue weighted by molar-refractivity contribution is 7.21. The molecule has 0 radical (unpaired) electrons. The first-order valence-corrected chi connectivity index (χ1v) is 6.27. The van der Waals surface area contributed by atoms with Gasteiger partial charge in [-0.2, -0.15) is 0 Å². The van der Waals surface area contributed by atoms with Gasteiger partial charge < -0.3 is 9.64 Å². The molecule has 1 fully saturated rings. The standard InChI is InChI=1S/C10H10ClN3OS/c11-7-5-8-9(12-6-7)16-10(13-8)14-1-3-15-4-2-14/h5-6H,1-4H2. The Morgan fingerprint density at radius 1 is 1.38 bits per heavy atom. The largest absolute Gasteiger partial charge is 0.378 e. The maximum absolute atomic E-state index is 5.88. The predicted molar refractivity (Wildman–Crippen MR) is 65.5 cm³/mol. The lowest BCUT2D eigenvalue weighted by molar-refractivity contribution is 0.122. The molecule has 2 aromatic heterocycles. The second-order valence-corrected chi connectivity index (χ2v) is 4.97. The van der Waals surface area contributed by atoms with Crippen LogP contribution in [0.5, 0.6) is 0 Å². The summed E-state index contributed by atoms with van der Waals surface area (Å²) in [5.74, 6) is 0. The third kappa shape index (κ3) is 1.86. The van der Waals surface area contributed by atoms with Gasteiger partial charge in [0.05, 0.1) is 18.2 Å². The molecule has 0 spiro atoms. The van der Waals surface area contributed by atoms with E-state index in [2.05, 4.69) is 14.9 Å². The van der Waals surface area contributed by atoms with E-state index in [9.17, 15) is 0 Å². The molecular formula is C10H10ClN3OS. The zero-order chi connectivity index (χ0) is 11.0. The van der Waals surface area contributed by atoms with E-state index in [4.69, 9.17) is 16.3 Å². The van der Waals surface area contributed by atoms with E-state index in [-0.39, 0.29) is 0 Å². The molecule has 6 heteroatoms. The van der Waals surface area contributed by atoms with E-state index in [0.717, 1.165) is 41.8 Å². The molecule has 1 saturated heterocycles.